The van der Waals surface area contributed by atoms with Crippen molar-refractivity contribution in [1.29, 1.82) is 0 Å². The first-order chi connectivity index (χ1) is 7.39. The minimum absolute atomic E-state index is 0.0409. The zero-order chi connectivity index (χ0) is 12.3. The van der Waals surface area contributed by atoms with E-state index in [1.54, 1.807) is 7.11 Å². The Labute approximate surface area is 97.9 Å². The van der Waals surface area contributed by atoms with Crippen molar-refractivity contribution < 1.29 is 9.53 Å². The van der Waals surface area contributed by atoms with Crippen LogP contribution in [0.2, 0.25) is 0 Å². The van der Waals surface area contributed by atoms with E-state index in [4.69, 9.17) is 10.5 Å². The van der Waals surface area contributed by atoms with Gasteiger partial charge in [0.05, 0.1) is 18.2 Å². The molecule has 2 unspecified atom stereocenters. The summed E-state index contributed by atoms with van der Waals surface area (Å²) in [5.41, 5.74) is 5.34. The van der Waals surface area contributed by atoms with Crippen molar-refractivity contribution in [2.75, 3.05) is 13.7 Å². The molecule has 1 amide bonds. The molecule has 0 aromatic carbocycles. The van der Waals surface area contributed by atoms with Crippen molar-refractivity contribution in [3.63, 3.8) is 0 Å². The van der Waals surface area contributed by atoms with Crippen molar-refractivity contribution in [1.82, 2.24) is 5.32 Å². The molecular weight excluding hydrogens is 204 g/mol. The molecule has 1 rings (SSSR count). The summed E-state index contributed by atoms with van der Waals surface area (Å²) in [5, 5.41) is 2.99. The lowest BCUT2D eigenvalue weighted by atomic mass is 9.94. The van der Waals surface area contributed by atoms with Gasteiger partial charge in [-0.25, -0.2) is 0 Å². The topological polar surface area (TPSA) is 64.3 Å². The second-order valence-electron chi connectivity index (χ2n) is 5.34. The summed E-state index contributed by atoms with van der Waals surface area (Å²) in [4.78, 5) is 12.0. The van der Waals surface area contributed by atoms with Crippen molar-refractivity contribution >= 4 is 5.91 Å². The number of rotatable bonds is 6. The molecule has 1 saturated carbocycles. The Bertz CT molecular complexity index is 247. The van der Waals surface area contributed by atoms with Crippen LogP contribution in [0.3, 0.4) is 0 Å². The zero-order valence-corrected chi connectivity index (χ0v) is 10.7. The molecule has 94 valence electrons. The normalized spacial score (nSPS) is 21.6. The van der Waals surface area contributed by atoms with E-state index in [1.165, 1.54) is 0 Å². The Balaban J connectivity index is 2.53. The van der Waals surface area contributed by atoms with Crippen molar-refractivity contribution in [3.8, 4) is 0 Å². The molecule has 1 fully saturated rings. The molecule has 16 heavy (non-hydrogen) atoms. The van der Waals surface area contributed by atoms with Gasteiger partial charge in [0.15, 0.2) is 0 Å². The molecule has 0 aromatic heterocycles. The second kappa shape index (κ2) is 5.15. The maximum atomic E-state index is 12.0. The summed E-state index contributed by atoms with van der Waals surface area (Å²) in [6, 6.07) is 0.0409. The molecule has 0 radical (unpaired) electrons. The van der Waals surface area contributed by atoms with Gasteiger partial charge in [0.2, 0.25) is 5.91 Å². The van der Waals surface area contributed by atoms with Crippen LogP contribution in [0.15, 0.2) is 0 Å². The van der Waals surface area contributed by atoms with Crippen LogP contribution < -0.4 is 11.1 Å². The number of carbonyl (C=O) groups is 1. The summed E-state index contributed by atoms with van der Waals surface area (Å²) in [6.45, 7) is 6.48. The summed E-state index contributed by atoms with van der Waals surface area (Å²) >= 11 is 0. The largest absolute Gasteiger partial charge is 0.383 e. The fourth-order valence-electron chi connectivity index (χ4n) is 1.77. The molecule has 0 saturated heterocycles. The first-order valence-electron chi connectivity index (χ1n) is 5.98. The molecule has 1 aliphatic rings. The molecule has 0 aromatic rings. The number of hydrogen-bond acceptors (Lipinski definition) is 3. The average molecular weight is 228 g/mol. The predicted octanol–water partition coefficient (Wildman–Crippen LogP) is 0.901. The number of nitrogens with one attached hydrogen (secondary N) is 1. The molecular formula is C12H24N2O2. The van der Waals surface area contributed by atoms with Crippen LogP contribution in [0, 0.1) is 11.8 Å². The van der Waals surface area contributed by atoms with Crippen LogP contribution in [0.1, 0.15) is 33.6 Å². The van der Waals surface area contributed by atoms with Crippen LogP contribution in [-0.4, -0.2) is 31.2 Å². The number of nitrogens with two attached hydrogens (primary N) is 1. The average Bonchev–Trinajstić information content (AvgIpc) is 2.99. The third-order valence-electron chi connectivity index (χ3n) is 3.38. The second-order valence-corrected chi connectivity index (χ2v) is 5.34. The van der Waals surface area contributed by atoms with E-state index in [1.807, 2.05) is 6.92 Å². The quantitative estimate of drug-likeness (QED) is 0.710. The highest BCUT2D eigenvalue weighted by atomic mass is 16.5. The predicted molar refractivity (Wildman–Crippen MR) is 64.0 cm³/mol. The van der Waals surface area contributed by atoms with Gasteiger partial charge in [0.25, 0.3) is 0 Å². The van der Waals surface area contributed by atoms with Gasteiger partial charge in [-0.15, -0.1) is 0 Å². The van der Waals surface area contributed by atoms with Crippen molar-refractivity contribution in [3.05, 3.63) is 0 Å². The fraction of sp³-hybridized carbons (Fsp3) is 0.917. The molecule has 0 heterocycles. The third-order valence-corrected chi connectivity index (χ3v) is 3.38. The van der Waals surface area contributed by atoms with Gasteiger partial charge < -0.3 is 15.8 Å². The lowest BCUT2D eigenvalue weighted by molar-refractivity contribution is -0.128. The number of ether oxygens (including phenoxy) is 1. The standard InChI is InChI=1S/C12H24N2O2/c1-8(2)10(7-16-4)14-11(15)12(3,13)9-5-6-9/h8-10H,5-7,13H2,1-4H3,(H,14,15). The monoisotopic (exact) mass is 228 g/mol. The van der Waals surface area contributed by atoms with Gasteiger partial charge in [-0.2, -0.15) is 0 Å². The number of methoxy groups -OCH3 is 1. The van der Waals surface area contributed by atoms with Crippen molar-refractivity contribution in [2.45, 2.75) is 45.2 Å². The summed E-state index contributed by atoms with van der Waals surface area (Å²) < 4.78 is 5.10. The molecule has 4 nitrogen and oxygen atoms in total. The molecule has 4 heteroatoms. The highest BCUT2D eigenvalue weighted by Crippen LogP contribution is 2.38. The van der Waals surface area contributed by atoms with Gasteiger partial charge in [-0.05, 0) is 31.6 Å². The van der Waals surface area contributed by atoms with Crippen LogP contribution in [0.5, 0.6) is 0 Å². The minimum Gasteiger partial charge on any atom is -0.383 e. The van der Waals surface area contributed by atoms with E-state index in [2.05, 4.69) is 19.2 Å². The Morgan fingerprint density at radius 3 is 2.50 bits per heavy atom. The van der Waals surface area contributed by atoms with Gasteiger partial charge in [0, 0.05) is 7.11 Å². The number of hydrogen-bond donors (Lipinski definition) is 2. The van der Waals surface area contributed by atoms with Crippen molar-refractivity contribution in [2.24, 2.45) is 17.6 Å². The molecule has 3 N–H and O–H groups in total. The van der Waals surface area contributed by atoms with Crippen LogP contribution in [0.25, 0.3) is 0 Å². The Morgan fingerprint density at radius 1 is 1.56 bits per heavy atom. The lowest BCUT2D eigenvalue weighted by Gasteiger charge is -2.28. The lowest BCUT2D eigenvalue weighted by Crippen LogP contribution is -2.57. The number of amides is 1. The van der Waals surface area contributed by atoms with E-state index in [0.29, 0.717) is 18.4 Å². The van der Waals surface area contributed by atoms with Crippen LogP contribution >= 0.6 is 0 Å². The molecule has 1 aliphatic carbocycles. The van der Waals surface area contributed by atoms with E-state index >= 15 is 0 Å². The zero-order valence-electron chi connectivity index (χ0n) is 10.7. The van der Waals surface area contributed by atoms with E-state index in [9.17, 15) is 4.79 Å². The van der Waals surface area contributed by atoms with Gasteiger partial charge in [-0.1, -0.05) is 13.8 Å². The summed E-state index contributed by atoms with van der Waals surface area (Å²) in [6.07, 6.45) is 2.13. The van der Waals surface area contributed by atoms with Crippen LogP contribution in [0.4, 0.5) is 0 Å². The Hall–Kier alpha value is -0.610. The maximum absolute atomic E-state index is 12.0. The minimum atomic E-state index is -0.721. The highest BCUT2D eigenvalue weighted by molar-refractivity contribution is 5.86. The van der Waals surface area contributed by atoms with E-state index in [-0.39, 0.29) is 11.9 Å². The Kier molecular flexibility index (Phi) is 4.33. The summed E-state index contributed by atoms with van der Waals surface area (Å²) in [7, 11) is 1.64. The van der Waals surface area contributed by atoms with Gasteiger partial charge in [0.1, 0.15) is 0 Å². The van der Waals surface area contributed by atoms with E-state index in [0.717, 1.165) is 12.8 Å². The smallest absolute Gasteiger partial charge is 0.240 e. The first kappa shape index (κ1) is 13.5. The molecule has 0 bridgehead atoms. The first-order valence-corrected chi connectivity index (χ1v) is 5.98. The molecule has 0 spiro atoms. The fourth-order valence-corrected chi connectivity index (χ4v) is 1.77. The van der Waals surface area contributed by atoms with E-state index < -0.39 is 5.54 Å². The third kappa shape index (κ3) is 3.19. The summed E-state index contributed by atoms with van der Waals surface area (Å²) in [5.74, 6) is 0.646. The van der Waals surface area contributed by atoms with Gasteiger partial charge >= 0.3 is 0 Å². The van der Waals surface area contributed by atoms with Crippen LogP contribution in [-0.2, 0) is 9.53 Å². The molecule has 0 aliphatic heterocycles. The highest BCUT2D eigenvalue weighted by Gasteiger charge is 2.44. The molecule has 2 atom stereocenters. The maximum Gasteiger partial charge on any atom is 0.240 e. The SMILES string of the molecule is COCC(NC(=O)C(C)(N)C1CC1)C(C)C. The Morgan fingerprint density at radius 2 is 2.12 bits per heavy atom. The number of carbonyl (C=O) groups excluding carboxylic acids is 1. The van der Waals surface area contributed by atoms with Gasteiger partial charge in [-0.3, -0.25) is 4.79 Å².